The molecule has 1 aromatic carbocycles. The molecule has 3 N–H and O–H groups in total. The molecule has 0 aliphatic heterocycles. The first-order chi connectivity index (χ1) is 8.08. The van der Waals surface area contributed by atoms with Crippen LogP contribution in [0.15, 0.2) is 28.2 Å². The van der Waals surface area contributed by atoms with Gasteiger partial charge in [0.15, 0.2) is 5.16 Å². The van der Waals surface area contributed by atoms with E-state index in [1.54, 1.807) is 19.2 Å². The first-order valence-corrected chi connectivity index (χ1v) is 6.22. The van der Waals surface area contributed by atoms with E-state index in [1.165, 1.54) is 16.3 Å². The number of hydrogen-bond donors (Lipinski definition) is 2. The maximum atomic E-state index is 11.2. The zero-order valence-corrected chi connectivity index (χ0v) is 10.7. The largest absolute Gasteiger partial charge is 0.398 e. The first-order valence-electron chi connectivity index (χ1n) is 4.86. The summed E-state index contributed by atoms with van der Waals surface area (Å²) in [6.45, 7) is 0. The third-order valence-corrected chi connectivity index (χ3v) is 3.61. The number of thioether (sulfide) groups is 1. The Morgan fingerprint density at radius 3 is 3.00 bits per heavy atom. The predicted octanol–water partition coefficient (Wildman–Crippen LogP) is 1.64. The number of benzene rings is 1. The molecular formula is C10H11ClN4OS. The summed E-state index contributed by atoms with van der Waals surface area (Å²) in [5.41, 5.74) is 7.21. The SMILES string of the molecule is Cn1c(SCc2cc(Cl)ccc2N)n[nH]c1=O. The Labute approximate surface area is 107 Å². The van der Waals surface area contributed by atoms with Gasteiger partial charge in [-0.05, 0) is 23.8 Å². The van der Waals surface area contributed by atoms with E-state index in [4.69, 9.17) is 17.3 Å². The van der Waals surface area contributed by atoms with Crippen LogP contribution in [0.2, 0.25) is 5.02 Å². The van der Waals surface area contributed by atoms with E-state index in [-0.39, 0.29) is 5.69 Å². The van der Waals surface area contributed by atoms with Gasteiger partial charge in [0.2, 0.25) is 0 Å². The van der Waals surface area contributed by atoms with Gasteiger partial charge in [-0.1, -0.05) is 23.4 Å². The molecule has 0 aliphatic carbocycles. The van der Waals surface area contributed by atoms with Crippen LogP contribution < -0.4 is 11.4 Å². The highest BCUT2D eigenvalue weighted by molar-refractivity contribution is 7.98. The number of nitrogens with two attached hydrogens (primary N) is 1. The van der Waals surface area contributed by atoms with Crippen molar-refractivity contribution in [1.29, 1.82) is 0 Å². The van der Waals surface area contributed by atoms with Crippen LogP contribution in [0.4, 0.5) is 5.69 Å². The van der Waals surface area contributed by atoms with Gasteiger partial charge in [-0.25, -0.2) is 9.89 Å². The van der Waals surface area contributed by atoms with Gasteiger partial charge < -0.3 is 5.73 Å². The van der Waals surface area contributed by atoms with Gasteiger partial charge in [-0.15, -0.1) is 5.10 Å². The summed E-state index contributed by atoms with van der Waals surface area (Å²) in [6.07, 6.45) is 0. The van der Waals surface area contributed by atoms with Crippen LogP contribution >= 0.6 is 23.4 Å². The van der Waals surface area contributed by atoms with Crippen molar-refractivity contribution in [2.75, 3.05) is 5.73 Å². The molecular weight excluding hydrogens is 260 g/mol. The number of aromatic nitrogens is 3. The highest BCUT2D eigenvalue weighted by Gasteiger charge is 2.07. The Hall–Kier alpha value is -1.40. The fourth-order valence-corrected chi connectivity index (χ4v) is 2.42. The smallest absolute Gasteiger partial charge is 0.343 e. The van der Waals surface area contributed by atoms with Gasteiger partial charge in [-0.3, -0.25) is 4.57 Å². The van der Waals surface area contributed by atoms with Gasteiger partial charge in [0.05, 0.1) is 0 Å². The molecule has 2 rings (SSSR count). The number of anilines is 1. The van der Waals surface area contributed by atoms with Crippen molar-refractivity contribution in [3.63, 3.8) is 0 Å². The fraction of sp³-hybridized carbons (Fsp3) is 0.200. The van der Waals surface area contributed by atoms with Crippen molar-refractivity contribution >= 4 is 29.1 Å². The number of hydrogen-bond acceptors (Lipinski definition) is 4. The fourth-order valence-electron chi connectivity index (χ4n) is 1.30. The number of rotatable bonds is 3. The number of nitrogens with zero attached hydrogens (tertiary/aromatic N) is 2. The summed E-state index contributed by atoms with van der Waals surface area (Å²) in [5, 5.41) is 7.54. The summed E-state index contributed by atoms with van der Waals surface area (Å²) in [5.74, 6) is 0.616. The van der Waals surface area contributed by atoms with E-state index < -0.39 is 0 Å². The summed E-state index contributed by atoms with van der Waals surface area (Å²) in [7, 11) is 1.66. The summed E-state index contributed by atoms with van der Waals surface area (Å²) in [6, 6.07) is 5.33. The number of halogens is 1. The molecule has 90 valence electrons. The first kappa shape index (κ1) is 12.1. The normalized spacial score (nSPS) is 10.7. The zero-order chi connectivity index (χ0) is 12.4. The highest BCUT2D eigenvalue weighted by atomic mass is 35.5. The van der Waals surface area contributed by atoms with Crippen molar-refractivity contribution in [3.05, 3.63) is 39.3 Å². The second kappa shape index (κ2) is 4.85. The van der Waals surface area contributed by atoms with E-state index in [0.29, 0.717) is 21.6 Å². The second-order valence-electron chi connectivity index (χ2n) is 3.50. The third-order valence-electron chi connectivity index (χ3n) is 2.30. The zero-order valence-electron chi connectivity index (χ0n) is 9.11. The van der Waals surface area contributed by atoms with Crippen molar-refractivity contribution in [2.24, 2.45) is 7.05 Å². The summed E-state index contributed by atoms with van der Waals surface area (Å²) >= 11 is 7.32. The van der Waals surface area contributed by atoms with E-state index >= 15 is 0 Å². The molecule has 0 bridgehead atoms. The molecule has 0 fully saturated rings. The number of nitrogen functional groups attached to an aromatic ring is 1. The average Bonchev–Trinajstić information content (AvgIpc) is 2.62. The maximum absolute atomic E-state index is 11.2. The molecule has 1 heterocycles. The maximum Gasteiger partial charge on any atom is 0.343 e. The van der Waals surface area contributed by atoms with Crippen molar-refractivity contribution in [3.8, 4) is 0 Å². The van der Waals surface area contributed by atoms with Crippen molar-refractivity contribution in [2.45, 2.75) is 10.9 Å². The molecule has 7 heteroatoms. The number of nitrogens with one attached hydrogen (secondary N) is 1. The summed E-state index contributed by atoms with van der Waals surface area (Å²) in [4.78, 5) is 11.2. The molecule has 2 aromatic rings. The lowest BCUT2D eigenvalue weighted by Gasteiger charge is -2.05. The molecule has 5 nitrogen and oxygen atoms in total. The van der Waals surface area contributed by atoms with Crippen LogP contribution in [-0.2, 0) is 12.8 Å². The Kier molecular flexibility index (Phi) is 3.44. The predicted molar refractivity (Wildman–Crippen MR) is 69.3 cm³/mol. The Morgan fingerprint density at radius 1 is 1.59 bits per heavy atom. The molecule has 0 radical (unpaired) electrons. The minimum Gasteiger partial charge on any atom is -0.398 e. The molecule has 0 aliphatic rings. The lowest BCUT2D eigenvalue weighted by atomic mass is 10.2. The lowest BCUT2D eigenvalue weighted by molar-refractivity contribution is 0.766. The second-order valence-corrected chi connectivity index (χ2v) is 4.88. The van der Waals surface area contributed by atoms with Crippen LogP contribution in [-0.4, -0.2) is 14.8 Å². The Balaban J connectivity index is 2.15. The van der Waals surface area contributed by atoms with Crippen molar-refractivity contribution in [1.82, 2.24) is 14.8 Å². The van der Waals surface area contributed by atoms with E-state index in [0.717, 1.165) is 5.56 Å². The van der Waals surface area contributed by atoms with Crippen LogP contribution in [0.25, 0.3) is 0 Å². The average molecular weight is 271 g/mol. The van der Waals surface area contributed by atoms with Crippen LogP contribution in [0.1, 0.15) is 5.56 Å². The highest BCUT2D eigenvalue weighted by Crippen LogP contribution is 2.25. The molecule has 0 saturated carbocycles. The molecule has 0 amide bonds. The Morgan fingerprint density at radius 2 is 2.35 bits per heavy atom. The summed E-state index contributed by atoms with van der Waals surface area (Å²) < 4.78 is 1.45. The van der Waals surface area contributed by atoms with Gasteiger partial charge in [0.25, 0.3) is 0 Å². The lowest BCUT2D eigenvalue weighted by Crippen LogP contribution is -2.12. The van der Waals surface area contributed by atoms with E-state index in [2.05, 4.69) is 10.2 Å². The van der Waals surface area contributed by atoms with Gasteiger partial charge >= 0.3 is 5.69 Å². The van der Waals surface area contributed by atoms with Gasteiger partial charge in [0.1, 0.15) is 0 Å². The standard InChI is InChI=1S/C10H11ClN4OS/c1-15-9(16)13-14-10(15)17-5-6-4-7(11)2-3-8(6)12/h2-4H,5,12H2,1H3,(H,13,16). The molecule has 0 unspecified atom stereocenters. The number of H-pyrrole nitrogens is 1. The van der Waals surface area contributed by atoms with Crippen LogP contribution in [0.5, 0.6) is 0 Å². The molecule has 17 heavy (non-hydrogen) atoms. The molecule has 1 aromatic heterocycles. The van der Waals surface area contributed by atoms with Gasteiger partial charge in [0, 0.05) is 23.5 Å². The molecule has 0 saturated heterocycles. The van der Waals surface area contributed by atoms with Gasteiger partial charge in [-0.2, -0.15) is 0 Å². The monoisotopic (exact) mass is 270 g/mol. The molecule has 0 spiro atoms. The minimum atomic E-state index is -0.230. The quantitative estimate of drug-likeness (QED) is 0.657. The number of aromatic amines is 1. The van der Waals surface area contributed by atoms with Crippen LogP contribution in [0, 0.1) is 0 Å². The van der Waals surface area contributed by atoms with Crippen LogP contribution in [0.3, 0.4) is 0 Å². The molecule has 0 atom stereocenters. The Bertz CT molecular complexity index is 592. The van der Waals surface area contributed by atoms with Crippen molar-refractivity contribution < 1.29 is 0 Å². The topological polar surface area (TPSA) is 76.7 Å². The third kappa shape index (κ3) is 2.65. The minimum absolute atomic E-state index is 0.230. The van der Waals surface area contributed by atoms with E-state index in [9.17, 15) is 4.79 Å². The van der Waals surface area contributed by atoms with E-state index in [1.807, 2.05) is 6.07 Å².